The summed E-state index contributed by atoms with van der Waals surface area (Å²) < 4.78 is 18.3. The van der Waals surface area contributed by atoms with E-state index in [1.165, 1.54) is 12.1 Å². The average molecular weight is 274 g/mol. The molecule has 0 saturated carbocycles. The lowest BCUT2D eigenvalue weighted by molar-refractivity contribution is -0.156. The number of hydrogen-bond acceptors (Lipinski definition) is 3. The molecule has 98 valence electrons. The highest BCUT2D eigenvalue weighted by Gasteiger charge is 2.26. The number of halogens is 2. The third-order valence-electron chi connectivity index (χ3n) is 2.75. The first-order valence-electron chi connectivity index (χ1n) is 5.56. The van der Waals surface area contributed by atoms with Gasteiger partial charge in [0.15, 0.2) is 6.10 Å². The molecule has 0 radical (unpaired) electrons. The van der Waals surface area contributed by atoms with E-state index in [-0.39, 0.29) is 5.82 Å². The molecular weight excluding hydrogens is 261 g/mol. The molecule has 1 aliphatic rings. The van der Waals surface area contributed by atoms with Crippen LogP contribution in [0.1, 0.15) is 5.56 Å². The minimum atomic E-state index is -0.975. The van der Waals surface area contributed by atoms with E-state index in [1.54, 1.807) is 6.07 Å². The summed E-state index contributed by atoms with van der Waals surface area (Å²) in [5.74, 6) is -1.36. The van der Waals surface area contributed by atoms with E-state index < -0.39 is 12.1 Å². The zero-order valence-corrected chi connectivity index (χ0v) is 10.4. The van der Waals surface area contributed by atoms with Crippen molar-refractivity contribution in [3.63, 3.8) is 0 Å². The molecule has 1 atom stereocenters. The van der Waals surface area contributed by atoms with Gasteiger partial charge in [0.1, 0.15) is 5.82 Å². The highest BCUT2D eigenvalue weighted by atomic mass is 35.5. The number of hydrogen-bond donors (Lipinski definition) is 1. The van der Waals surface area contributed by atoms with Gasteiger partial charge in [0.25, 0.3) is 0 Å². The van der Waals surface area contributed by atoms with E-state index in [4.69, 9.17) is 21.4 Å². The van der Waals surface area contributed by atoms with Gasteiger partial charge in [0.05, 0.1) is 6.61 Å². The third-order valence-corrected chi connectivity index (χ3v) is 2.97. The molecule has 0 aromatic heterocycles. The molecule has 1 aromatic carbocycles. The van der Waals surface area contributed by atoms with Crippen molar-refractivity contribution in [3.05, 3.63) is 34.6 Å². The Morgan fingerprint density at radius 3 is 3.00 bits per heavy atom. The maximum atomic E-state index is 13.2. The molecule has 1 unspecified atom stereocenters. The van der Waals surface area contributed by atoms with Gasteiger partial charge in [-0.25, -0.2) is 9.18 Å². The summed E-state index contributed by atoms with van der Waals surface area (Å²) in [4.78, 5) is 12.7. The summed E-state index contributed by atoms with van der Waals surface area (Å²) >= 11 is 5.77. The summed E-state index contributed by atoms with van der Waals surface area (Å²) in [6.45, 7) is 1.74. The topological polar surface area (TPSA) is 49.8 Å². The predicted molar refractivity (Wildman–Crippen MR) is 64.1 cm³/mol. The number of morpholine rings is 1. The lowest BCUT2D eigenvalue weighted by Crippen LogP contribution is -2.45. The van der Waals surface area contributed by atoms with E-state index in [0.717, 1.165) is 5.56 Å². The quantitative estimate of drug-likeness (QED) is 0.912. The standard InChI is InChI=1S/C12H13ClFNO3/c13-9-3-8(4-10(14)5-9)6-15-1-2-18-11(7-15)12(16)17/h3-5,11H,1-2,6-7H2,(H,16,17). The fourth-order valence-electron chi connectivity index (χ4n) is 1.96. The monoisotopic (exact) mass is 273 g/mol. The lowest BCUT2D eigenvalue weighted by atomic mass is 10.2. The van der Waals surface area contributed by atoms with Crippen LogP contribution in [0.4, 0.5) is 4.39 Å². The number of rotatable bonds is 3. The minimum absolute atomic E-state index is 0.295. The first-order chi connectivity index (χ1) is 8.54. The molecule has 1 N–H and O–H groups in total. The molecule has 18 heavy (non-hydrogen) atoms. The predicted octanol–water partition coefficient (Wildman–Crippen LogP) is 1.76. The largest absolute Gasteiger partial charge is 0.479 e. The van der Waals surface area contributed by atoms with Gasteiger partial charge < -0.3 is 9.84 Å². The Labute approximate surface area is 109 Å². The molecule has 6 heteroatoms. The van der Waals surface area contributed by atoms with E-state index >= 15 is 0 Å². The Bertz CT molecular complexity index is 435. The average Bonchev–Trinajstić information content (AvgIpc) is 2.27. The second-order valence-electron chi connectivity index (χ2n) is 4.21. The van der Waals surface area contributed by atoms with E-state index in [2.05, 4.69) is 0 Å². The van der Waals surface area contributed by atoms with Crippen LogP contribution in [-0.4, -0.2) is 41.8 Å². The molecule has 1 fully saturated rings. The summed E-state index contributed by atoms with van der Waals surface area (Å²) in [7, 11) is 0. The normalized spacial score (nSPS) is 20.9. The molecular formula is C12H13ClFNO3. The van der Waals surface area contributed by atoms with Gasteiger partial charge in [-0.1, -0.05) is 11.6 Å². The van der Waals surface area contributed by atoms with E-state index in [1.807, 2.05) is 4.90 Å². The Morgan fingerprint density at radius 1 is 1.56 bits per heavy atom. The second-order valence-corrected chi connectivity index (χ2v) is 4.65. The molecule has 0 aliphatic carbocycles. The number of carbonyl (C=O) groups is 1. The highest BCUT2D eigenvalue weighted by Crippen LogP contribution is 2.17. The minimum Gasteiger partial charge on any atom is -0.479 e. The molecule has 4 nitrogen and oxygen atoms in total. The first-order valence-corrected chi connectivity index (χ1v) is 5.94. The summed E-state index contributed by atoms with van der Waals surface area (Å²) in [5.41, 5.74) is 0.728. The number of benzene rings is 1. The van der Waals surface area contributed by atoms with Crippen molar-refractivity contribution in [2.75, 3.05) is 19.7 Å². The van der Waals surface area contributed by atoms with Crippen molar-refractivity contribution in [2.45, 2.75) is 12.6 Å². The van der Waals surface area contributed by atoms with Gasteiger partial charge in [0, 0.05) is 24.7 Å². The summed E-state index contributed by atoms with van der Waals surface area (Å²) in [5, 5.41) is 9.22. The van der Waals surface area contributed by atoms with Gasteiger partial charge >= 0.3 is 5.97 Å². The lowest BCUT2D eigenvalue weighted by Gasteiger charge is -2.30. The van der Waals surface area contributed by atoms with Gasteiger partial charge in [0.2, 0.25) is 0 Å². The van der Waals surface area contributed by atoms with Crippen LogP contribution in [0.2, 0.25) is 5.02 Å². The third kappa shape index (κ3) is 3.41. The fourth-order valence-corrected chi connectivity index (χ4v) is 2.20. The van der Waals surface area contributed by atoms with Crippen LogP contribution < -0.4 is 0 Å². The number of carboxylic acid groups (broad SMARTS) is 1. The van der Waals surface area contributed by atoms with Crippen LogP contribution in [0.5, 0.6) is 0 Å². The fraction of sp³-hybridized carbons (Fsp3) is 0.417. The maximum Gasteiger partial charge on any atom is 0.334 e. The summed E-state index contributed by atoms with van der Waals surface area (Å²) in [6.07, 6.45) is -0.817. The van der Waals surface area contributed by atoms with Crippen LogP contribution in [0.15, 0.2) is 18.2 Å². The maximum absolute atomic E-state index is 13.2. The smallest absolute Gasteiger partial charge is 0.334 e. The van der Waals surface area contributed by atoms with Crippen molar-refractivity contribution < 1.29 is 19.0 Å². The Balaban J connectivity index is 2.02. The number of ether oxygens (including phenoxy) is 1. The van der Waals surface area contributed by atoms with Crippen molar-refractivity contribution >= 4 is 17.6 Å². The van der Waals surface area contributed by atoms with Gasteiger partial charge in [-0.3, -0.25) is 4.90 Å². The van der Waals surface area contributed by atoms with Crippen LogP contribution in [0.3, 0.4) is 0 Å². The Kier molecular flexibility index (Phi) is 4.16. The molecule has 0 spiro atoms. The zero-order chi connectivity index (χ0) is 13.1. The molecule has 1 heterocycles. The van der Waals surface area contributed by atoms with Crippen molar-refractivity contribution in [1.29, 1.82) is 0 Å². The van der Waals surface area contributed by atoms with Gasteiger partial charge in [-0.15, -0.1) is 0 Å². The Morgan fingerprint density at radius 2 is 2.33 bits per heavy atom. The molecule has 1 saturated heterocycles. The zero-order valence-electron chi connectivity index (χ0n) is 9.60. The van der Waals surface area contributed by atoms with E-state index in [0.29, 0.717) is 31.3 Å². The van der Waals surface area contributed by atoms with Gasteiger partial charge in [-0.05, 0) is 23.8 Å². The van der Waals surface area contributed by atoms with Crippen molar-refractivity contribution in [2.24, 2.45) is 0 Å². The van der Waals surface area contributed by atoms with Crippen LogP contribution >= 0.6 is 11.6 Å². The van der Waals surface area contributed by atoms with Crippen LogP contribution in [-0.2, 0) is 16.1 Å². The van der Waals surface area contributed by atoms with Crippen LogP contribution in [0, 0.1) is 5.82 Å². The number of aliphatic carboxylic acids is 1. The van der Waals surface area contributed by atoms with Crippen molar-refractivity contribution in [1.82, 2.24) is 4.90 Å². The van der Waals surface area contributed by atoms with Crippen LogP contribution in [0.25, 0.3) is 0 Å². The number of carboxylic acids is 1. The second kappa shape index (κ2) is 5.65. The molecule has 0 bridgehead atoms. The Hall–Kier alpha value is -1.17. The highest BCUT2D eigenvalue weighted by molar-refractivity contribution is 6.30. The molecule has 1 aromatic rings. The van der Waals surface area contributed by atoms with Crippen molar-refractivity contribution in [3.8, 4) is 0 Å². The molecule has 1 aliphatic heterocycles. The van der Waals surface area contributed by atoms with Gasteiger partial charge in [-0.2, -0.15) is 0 Å². The van der Waals surface area contributed by atoms with E-state index in [9.17, 15) is 9.18 Å². The SMILES string of the molecule is O=C(O)C1CN(Cc2cc(F)cc(Cl)c2)CCO1. The molecule has 2 rings (SSSR count). The molecule has 0 amide bonds. The number of nitrogens with zero attached hydrogens (tertiary/aromatic N) is 1. The summed E-state index contributed by atoms with van der Waals surface area (Å²) in [6, 6.07) is 4.32. The first kappa shape index (κ1) is 13.3.